The topological polar surface area (TPSA) is 73.3 Å². The summed E-state index contributed by atoms with van der Waals surface area (Å²) in [5.41, 5.74) is 4.28. The van der Waals surface area contributed by atoms with Crippen molar-refractivity contribution in [3.8, 4) is 22.8 Å². The van der Waals surface area contributed by atoms with Crippen molar-refractivity contribution >= 4 is 12.0 Å². The maximum Gasteiger partial charge on any atom is 0.244 e. The molecule has 1 unspecified atom stereocenters. The van der Waals surface area contributed by atoms with Crippen LogP contribution >= 0.6 is 0 Å². The predicted octanol–water partition coefficient (Wildman–Crippen LogP) is 4.04. The maximum absolute atomic E-state index is 14.3. The molecular formula is C25H24FN3O3. The Morgan fingerprint density at radius 1 is 1.28 bits per heavy atom. The van der Waals surface area contributed by atoms with Crippen molar-refractivity contribution in [2.24, 2.45) is 0 Å². The van der Waals surface area contributed by atoms with Gasteiger partial charge in [0.05, 0.1) is 30.7 Å². The molecule has 0 spiro atoms. The molecule has 32 heavy (non-hydrogen) atoms. The number of fused-ring (bicyclic) bond motifs is 1. The monoisotopic (exact) mass is 433 g/mol. The van der Waals surface area contributed by atoms with Crippen LogP contribution in [-0.4, -0.2) is 35.6 Å². The van der Waals surface area contributed by atoms with E-state index in [0.29, 0.717) is 35.7 Å². The molecule has 2 aromatic carbocycles. The van der Waals surface area contributed by atoms with Gasteiger partial charge in [0.2, 0.25) is 5.91 Å². The van der Waals surface area contributed by atoms with Gasteiger partial charge in [0, 0.05) is 29.8 Å². The van der Waals surface area contributed by atoms with Gasteiger partial charge in [-0.1, -0.05) is 12.1 Å². The molecule has 0 aliphatic carbocycles. The molecule has 1 amide bonds. The molecule has 6 nitrogen and oxygen atoms in total. The molecule has 0 fully saturated rings. The molecule has 7 heteroatoms. The van der Waals surface area contributed by atoms with E-state index in [9.17, 15) is 9.18 Å². The van der Waals surface area contributed by atoms with E-state index in [1.54, 1.807) is 19.4 Å². The molecule has 3 aromatic rings. The van der Waals surface area contributed by atoms with Crippen LogP contribution in [0.4, 0.5) is 4.39 Å². The van der Waals surface area contributed by atoms with Gasteiger partial charge in [-0.25, -0.2) is 9.37 Å². The van der Waals surface area contributed by atoms with Crippen molar-refractivity contribution in [2.45, 2.75) is 26.4 Å². The SMILES string of the molecule is COc1ccc(/C=C/C(=O)NCC2Cc3cc(F)cc(-c4nc(C)cnc4C)c3O2)cc1. The first-order valence-electron chi connectivity index (χ1n) is 10.3. The Morgan fingerprint density at radius 3 is 2.81 bits per heavy atom. The first-order valence-corrected chi connectivity index (χ1v) is 10.3. The molecule has 1 aliphatic heterocycles. The predicted molar refractivity (Wildman–Crippen MR) is 120 cm³/mol. The van der Waals surface area contributed by atoms with Crippen LogP contribution in [0.15, 0.2) is 48.7 Å². The Kier molecular flexibility index (Phi) is 6.16. The van der Waals surface area contributed by atoms with Gasteiger partial charge < -0.3 is 14.8 Å². The summed E-state index contributed by atoms with van der Waals surface area (Å²) in [5, 5.41) is 2.85. The highest BCUT2D eigenvalue weighted by Gasteiger charge is 2.28. The molecule has 1 aliphatic rings. The number of rotatable bonds is 6. The van der Waals surface area contributed by atoms with Gasteiger partial charge in [-0.3, -0.25) is 9.78 Å². The van der Waals surface area contributed by atoms with Crippen LogP contribution in [0.2, 0.25) is 0 Å². The Morgan fingerprint density at radius 2 is 2.06 bits per heavy atom. The van der Waals surface area contributed by atoms with Crippen molar-refractivity contribution in [2.75, 3.05) is 13.7 Å². The Labute approximate surface area is 186 Å². The van der Waals surface area contributed by atoms with E-state index < -0.39 is 0 Å². The molecule has 0 radical (unpaired) electrons. The summed E-state index contributed by atoms with van der Waals surface area (Å²) in [5.74, 6) is 0.777. The summed E-state index contributed by atoms with van der Waals surface area (Å²) in [6, 6.07) is 10.3. The zero-order chi connectivity index (χ0) is 22.7. The fraction of sp³-hybridized carbons (Fsp3) is 0.240. The van der Waals surface area contributed by atoms with Crippen LogP contribution < -0.4 is 14.8 Å². The Hall–Kier alpha value is -3.74. The van der Waals surface area contributed by atoms with Crippen molar-refractivity contribution < 1.29 is 18.7 Å². The minimum atomic E-state index is -0.350. The zero-order valence-corrected chi connectivity index (χ0v) is 18.2. The van der Waals surface area contributed by atoms with E-state index in [2.05, 4.69) is 15.3 Å². The van der Waals surface area contributed by atoms with Crippen LogP contribution in [0.1, 0.15) is 22.5 Å². The molecule has 164 valence electrons. The lowest BCUT2D eigenvalue weighted by molar-refractivity contribution is -0.116. The van der Waals surface area contributed by atoms with Crippen molar-refractivity contribution in [1.82, 2.24) is 15.3 Å². The van der Waals surface area contributed by atoms with Gasteiger partial charge in [-0.05, 0) is 49.8 Å². The molecule has 1 aromatic heterocycles. The summed E-state index contributed by atoms with van der Waals surface area (Å²) in [6.45, 7) is 3.98. The number of nitrogens with one attached hydrogen (secondary N) is 1. The van der Waals surface area contributed by atoms with Crippen molar-refractivity contribution in [3.05, 3.63) is 77.0 Å². The van der Waals surface area contributed by atoms with Gasteiger partial charge >= 0.3 is 0 Å². The highest BCUT2D eigenvalue weighted by Crippen LogP contribution is 2.39. The van der Waals surface area contributed by atoms with E-state index in [1.807, 2.05) is 38.1 Å². The fourth-order valence-corrected chi connectivity index (χ4v) is 3.64. The number of carbonyl (C=O) groups excluding carboxylic acids is 1. The van der Waals surface area contributed by atoms with E-state index >= 15 is 0 Å². The molecular weight excluding hydrogens is 409 g/mol. The maximum atomic E-state index is 14.3. The number of methoxy groups -OCH3 is 1. The van der Waals surface area contributed by atoms with E-state index in [-0.39, 0.29) is 17.8 Å². The number of amides is 1. The average Bonchev–Trinajstić information content (AvgIpc) is 3.20. The summed E-state index contributed by atoms with van der Waals surface area (Å²) in [7, 11) is 1.61. The largest absolute Gasteiger partial charge is 0.497 e. The molecule has 0 bridgehead atoms. The lowest BCUT2D eigenvalue weighted by Gasteiger charge is -2.14. The molecule has 2 heterocycles. The number of hydrogen-bond donors (Lipinski definition) is 1. The number of carbonyl (C=O) groups is 1. The van der Waals surface area contributed by atoms with Gasteiger partial charge in [0.25, 0.3) is 0 Å². The third kappa shape index (κ3) is 4.77. The molecule has 1 atom stereocenters. The standard InChI is InChI=1S/C25H24FN3O3/c1-15-13-27-16(2)24(29-15)22-12-19(26)10-18-11-21(32-25(18)22)14-28-23(30)9-6-17-4-7-20(31-3)8-5-17/h4-10,12-13,21H,11,14H2,1-3H3,(H,28,30)/b9-6+. The average molecular weight is 433 g/mol. The molecule has 4 rings (SSSR count). The third-order valence-corrected chi connectivity index (χ3v) is 5.24. The minimum absolute atomic E-state index is 0.229. The van der Waals surface area contributed by atoms with Crippen LogP contribution in [0.5, 0.6) is 11.5 Å². The third-order valence-electron chi connectivity index (χ3n) is 5.24. The minimum Gasteiger partial charge on any atom is -0.497 e. The van der Waals surface area contributed by atoms with Crippen LogP contribution in [0.25, 0.3) is 17.3 Å². The number of aromatic nitrogens is 2. The summed E-state index contributed by atoms with van der Waals surface area (Å²) < 4.78 is 25.5. The zero-order valence-electron chi connectivity index (χ0n) is 18.2. The number of aryl methyl sites for hydroxylation is 2. The second kappa shape index (κ2) is 9.18. The number of ether oxygens (including phenoxy) is 2. The first-order chi connectivity index (χ1) is 15.4. The lowest BCUT2D eigenvalue weighted by Crippen LogP contribution is -2.33. The van der Waals surface area contributed by atoms with Crippen molar-refractivity contribution in [3.63, 3.8) is 0 Å². The van der Waals surface area contributed by atoms with Gasteiger partial charge in [0.15, 0.2) is 0 Å². The smallest absolute Gasteiger partial charge is 0.244 e. The van der Waals surface area contributed by atoms with Gasteiger partial charge in [-0.2, -0.15) is 0 Å². The number of benzene rings is 2. The van der Waals surface area contributed by atoms with Gasteiger partial charge in [0.1, 0.15) is 23.4 Å². The number of hydrogen-bond acceptors (Lipinski definition) is 5. The highest BCUT2D eigenvalue weighted by atomic mass is 19.1. The van der Waals surface area contributed by atoms with Crippen molar-refractivity contribution in [1.29, 1.82) is 0 Å². The Bertz CT molecular complexity index is 1180. The molecule has 1 N–H and O–H groups in total. The number of nitrogens with zero attached hydrogens (tertiary/aromatic N) is 2. The summed E-state index contributed by atoms with van der Waals surface area (Å²) in [6.07, 6.45) is 5.09. The molecule has 0 saturated carbocycles. The molecule has 0 saturated heterocycles. The summed E-state index contributed by atoms with van der Waals surface area (Å²) in [4.78, 5) is 21.1. The fourth-order valence-electron chi connectivity index (χ4n) is 3.64. The highest BCUT2D eigenvalue weighted by molar-refractivity contribution is 5.91. The quantitative estimate of drug-likeness (QED) is 0.594. The Balaban J connectivity index is 1.42. The van der Waals surface area contributed by atoms with E-state index in [1.165, 1.54) is 18.2 Å². The van der Waals surface area contributed by atoms with E-state index in [4.69, 9.17) is 9.47 Å². The second-order valence-electron chi connectivity index (χ2n) is 7.68. The van der Waals surface area contributed by atoms with E-state index in [0.717, 1.165) is 22.6 Å². The first kappa shape index (κ1) is 21.5. The normalized spacial score (nSPS) is 14.8. The lowest BCUT2D eigenvalue weighted by atomic mass is 10.0. The summed E-state index contributed by atoms with van der Waals surface area (Å²) >= 11 is 0. The van der Waals surface area contributed by atoms with Crippen LogP contribution in [-0.2, 0) is 11.2 Å². The second-order valence-corrected chi connectivity index (χ2v) is 7.68. The van der Waals surface area contributed by atoms with Crippen LogP contribution in [0.3, 0.4) is 0 Å². The van der Waals surface area contributed by atoms with Crippen LogP contribution in [0, 0.1) is 19.7 Å². The number of halogens is 1. The van der Waals surface area contributed by atoms with Gasteiger partial charge in [-0.15, -0.1) is 0 Å².